The number of carbonyl (C=O) groups excluding carboxylic acids is 1. The van der Waals surface area contributed by atoms with Crippen molar-refractivity contribution in [3.8, 4) is 0 Å². The summed E-state index contributed by atoms with van der Waals surface area (Å²) in [6, 6.07) is 8.32. The number of nitrogens with zero attached hydrogens (tertiary/aromatic N) is 4. The Morgan fingerprint density at radius 1 is 1.15 bits per heavy atom. The molecule has 0 spiro atoms. The Labute approximate surface area is 161 Å². The molecule has 1 saturated heterocycles. The number of benzene rings is 1. The predicted molar refractivity (Wildman–Crippen MR) is 107 cm³/mol. The van der Waals surface area contributed by atoms with E-state index in [0.717, 1.165) is 54.5 Å². The van der Waals surface area contributed by atoms with Crippen LogP contribution in [0.1, 0.15) is 44.5 Å². The molecule has 4 rings (SSSR count). The van der Waals surface area contributed by atoms with Crippen molar-refractivity contribution in [3.63, 3.8) is 0 Å². The minimum atomic E-state index is 0.286. The lowest BCUT2D eigenvalue weighted by atomic mass is 10.0. The second-order valence-electron chi connectivity index (χ2n) is 8.53. The highest BCUT2D eigenvalue weighted by Crippen LogP contribution is 2.32. The molecule has 1 saturated carbocycles. The van der Waals surface area contributed by atoms with Gasteiger partial charge < -0.3 is 4.90 Å². The third kappa shape index (κ3) is 4.13. The lowest BCUT2D eigenvalue weighted by Crippen LogP contribution is -2.47. The zero-order valence-electron chi connectivity index (χ0n) is 16.7. The van der Waals surface area contributed by atoms with E-state index >= 15 is 0 Å². The topological polar surface area (TPSA) is 49.3 Å². The fourth-order valence-electron chi connectivity index (χ4n) is 4.05. The van der Waals surface area contributed by atoms with Gasteiger partial charge in [0.1, 0.15) is 0 Å². The first-order valence-electron chi connectivity index (χ1n) is 10.3. The van der Waals surface area contributed by atoms with Gasteiger partial charge in [0, 0.05) is 38.6 Å². The summed E-state index contributed by atoms with van der Waals surface area (Å²) in [6.07, 6.45) is 3.17. The number of fused-ring (bicyclic) bond motifs is 1. The zero-order chi connectivity index (χ0) is 19.0. The van der Waals surface area contributed by atoms with Gasteiger partial charge in [0.25, 0.3) is 0 Å². The van der Waals surface area contributed by atoms with Gasteiger partial charge in [0.2, 0.25) is 5.91 Å². The molecule has 144 valence electrons. The lowest BCUT2D eigenvalue weighted by molar-refractivity contribution is -0.133. The average Bonchev–Trinajstić information content (AvgIpc) is 3.47. The van der Waals surface area contributed by atoms with E-state index in [1.165, 1.54) is 12.8 Å². The van der Waals surface area contributed by atoms with Gasteiger partial charge in [-0.25, -0.2) is 9.97 Å². The Hall–Kier alpha value is -2.01. The normalized spacial score (nSPS) is 21.9. The maximum absolute atomic E-state index is 12.8. The molecule has 2 aliphatic rings. The molecule has 2 heterocycles. The van der Waals surface area contributed by atoms with Crippen molar-refractivity contribution in [2.24, 2.45) is 11.8 Å². The van der Waals surface area contributed by atoms with Crippen LogP contribution in [0.4, 0.5) is 0 Å². The molecule has 0 N–H and O–H groups in total. The molecular formula is C22H30N4O. The minimum absolute atomic E-state index is 0.286. The molecule has 1 amide bonds. The summed E-state index contributed by atoms with van der Waals surface area (Å²) in [5, 5.41) is 0. The quantitative estimate of drug-likeness (QED) is 0.814. The van der Waals surface area contributed by atoms with E-state index in [0.29, 0.717) is 18.2 Å². The maximum Gasteiger partial charge on any atom is 0.224 e. The maximum atomic E-state index is 12.8. The second kappa shape index (κ2) is 7.55. The molecule has 1 aromatic carbocycles. The SMILES string of the molecule is Cc1nc2ccccc2nc1CN1CCC(=O)N(CC2CC2)C(C(C)C)C1. The highest BCUT2D eigenvalue weighted by molar-refractivity contribution is 5.77. The van der Waals surface area contributed by atoms with E-state index in [-0.39, 0.29) is 6.04 Å². The van der Waals surface area contributed by atoms with Crippen LogP contribution in [-0.2, 0) is 11.3 Å². The number of hydrogen-bond donors (Lipinski definition) is 0. The van der Waals surface area contributed by atoms with Crippen LogP contribution in [0, 0.1) is 18.8 Å². The zero-order valence-corrected chi connectivity index (χ0v) is 16.7. The molecule has 1 unspecified atom stereocenters. The van der Waals surface area contributed by atoms with Gasteiger partial charge in [-0.1, -0.05) is 26.0 Å². The van der Waals surface area contributed by atoms with E-state index in [1.54, 1.807) is 0 Å². The van der Waals surface area contributed by atoms with Gasteiger partial charge in [0.05, 0.1) is 22.4 Å². The summed E-state index contributed by atoms with van der Waals surface area (Å²) in [5.74, 6) is 1.51. The smallest absolute Gasteiger partial charge is 0.224 e. The fraction of sp³-hybridized carbons (Fsp3) is 0.591. The predicted octanol–water partition coefficient (Wildman–Crippen LogP) is 3.41. The molecule has 5 nitrogen and oxygen atoms in total. The highest BCUT2D eigenvalue weighted by Gasteiger charge is 2.35. The van der Waals surface area contributed by atoms with Crippen LogP contribution in [0.3, 0.4) is 0 Å². The Morgan fingerprint density at radius 2 is 1.85 bits per heavy atom. The number of aromatic nitrogens is 2. The molecular weight excluding hydrogens is 336 g/mol. The summed E-state index contributed by atoms with van der Waals surface area (Å²) < 4.78 is 0. The first kappa shape index (κ1) is 18.4. The first-order valence-corrected chi connectivity index (χ1v) is 10.3. The number of para-hydroxylation sites is 2. The summed E-state index contributed by atoms with van der Waals surface area (Å²) in [7, 11) is 0. The highest BCUT2D eigenvalue weighted by atomic mass is 16.2. The van der Waals surface area contributed by atoms with Gasteiger partial charge in [-0.3, -0.25) is 9.69 Å². The van der Waals surface area contributed by atoms with Gasteiger partial charge in [-0.15, -0.1) is 0 Å². The van der Waals surface area contributed by atoms with Crippen LogP contribution in [-0.4, -0.2) is 51.4 Å². The first-order chi connectivity index (χ1) is 13.0. The molecule has 1 aliphatic heterocycles. The summed E-state index contributed by atoms with van der Waals surface area (Å²) in [5.41, 5.74) is 3.90. The number of carbonyl (C=O) groups is 1. The van der Waals surface area contributed by atoms with Crippen LogP contribution in [0.5, 0.6) is 0 Å². The molecule has 5 heteroatoms. The van der Waals surface area contributed by atoms with Crippen LogP contribution >= 0.6 is 0 Å². The van der Waals surface area contributed by atoms with Gasteiger partial charge in [-0.05, 0) is 43.7 Å². The van der Waals surface area contributed by atoms with E-state index in [2.05, 4.69) is 23.6 Å². The number of hydrogen-bond acceptors (Lipinski definition) is 4. The van der Waals surface area contributed by atoms with E-state index in [9.17, 15) is 4.79 Å². The van der Waals surface area contributed by atoms with Crippen molar-refractivity contribution in [1.29, 1.82) is 0 Å². The Morgan fingerprint density at radius 3 is 2.52 bits per heavy atom. The minimum Gasteiger partial charge on any atom is -0.338 e. The van der Waals surface area contributed by atoms with Gasteiger partial charge in [0.15, 0.2) is 0 Å². The number of aryl methyl sites for hydroxylation is 1. The van der Waals surface area contributed by atoms with Crippen molar-refractivity contribution >= 4 is 16.9 Å². The molecule has 0 bridgehead atoms. The van der Waals surface area contributed by atoms with E-state index in [4.69, 9.17) is 9.97 Å². The van der Waals surface area contributed by atoms with Gasteiger partial charge in [-0.2, -0.15) is 0 Å². The largest absolute Gasteiger partial charge is 0.338 e. The Bertz CT molecular complexity index is 830. The van der Waals surface area contributed by atoms with Crippen molar-refractivity contribution in [2.45, 2.75) is 52.6 Å². The molecule has 1 aromatic heterocycles. The van der Waals surface area contributed by atoms with Crippen LogP contribution in [0.15, 0.2) is 24.3 Å². The molecule has 2 fully saturated rings. The lowest BCUT2D eigenvalue weighted by Gasteiger charge is -2.35. The molecule has 2 aromatic rings. The third-order valence-corrected chi connectivity index (χ3v) is 5.95. The monoisotopic (exact) mass is 366 g/mol. The van der Waals surface area contributed by atoms with E-state index in [1.807, 2.05) is 31.2 Å². The van der Waals surface area contributed by atoms with Gasteiger partial charge >= 0.3 is 0 Å². The van der Waals surface area contributed by atoms with Crippen molar-refractivity contribution in [1.82, 2.24) is 19.8 Å². The standard InChI is InChI=1S/C22H30N4O/c1-15(2)21-14-25(11-10-22(27)26(21)12-17-8-9-17)13-20-16(3)23-18-6-4-5-7-19(18)24-20/h4-7,15,17,21H,8-14H2,1-3H3. The molecule has 0 radical (unpaired) electrons. The van der Waals surface area contributed by atoms with E-state index < -0.39 is 0 Å². The summed E-state index contributed by atoms with van der Waals surface area (Å²) in [6.45, 7) is 9.95. The second-order valence-corrected chi connectivity index (χ2v) is 8.53. The Balaban J connectivity index is 1.55. The summed E-state index contributed by atoms with van der Waals surface area (Å²) in [4.78, 5) is 27.0. The Kier molecular flexibility index (Phi) is 5.13. The van der Waals surface area contributed by atoms with Crippen molar-refractivity contribution in [2.75, 3.05) is 19.6 Å². The molecule has 1 atom stereocenters. The molecule has 1 aliphatic carbocycles. The van der Waals surface area contributed by atoms with Crippen LogP contribution < -0.4 is 0 Å². The third-order valence-electron chi connectivity index (χ3n) is 5.95. The average molecular weight is 367 g/mol. The number of amides is 1. The van der Waals surface area contributed by atoms with Crippen molar-refractivity contribution in [3.05, 3.63) is 35.7 Å². The number of rotatable bonds is 5. The van der Waals surface area contributed by atoms with Crippen LogP contribution in [0.25, 0.3) is 11.0 Å². The summed E-state index contributed by atoms with van der Waals surface area (Å²) >= 11 is 0. The van der Waals surface area contributed by atoms with Crippen LogP contribution in [0.2, 0.25) is 0 Å². The van der Waals surface area contributed by atoms with Crippen molar-refractivity contribution < 1.29 is 4.79 Å². The fourth-order valence-corrected chi connectivity index (χ4v) is 4.05. The molecule has 27 heavy (non-hydrogen) atoms.